The lowest BCUT2D eigenvalue weighted by Gasteiger charge is -2.17. The molecule has 1 aromatic carbocycles. The highest BCUT2D eigenvalue weighted by Gasteiger charge is 2.05. The van der Waals surface area contributed by atoms with Crippen molar-refractivity contribution in [1.82, 2.24) is 5.32 Å². The van der Waals surface area contributed by atoms with E-state index in [2.05, 4.69) is 17.6 Å². The van der Waals surface area contributed by atoms with E-state index in [1.807, 2.05) is 44.1 Å². The van der Waals surface area contributed by atoms with Crippen molar-refractivity contribution in [2.24, 2.45) is 0 Å². The Bertz CT molecular complexity index is 402. The Morgan fingerprint density at radius 3 is 2.67 bits per heavy atom. The molecule has 1 rings (SSSR count). The normalized spacial score (nSPS) is 10.2. The smallest absolute Gasteiger partial charge is 0.225 e. The van der Waals surface area contributed by atoms with Gasteiger partial charge in [0, 0.05) is 38.4 Å². The zero-order chi connectivity index (χ0) is 13.5. The van der Waals surface area contributed by atoms with Crippen LogP contribution in [0.2, 0.25) is 0 Å². The minimum Gasteiger partial charge on any atom is -0.377 e. The van der Waals surface area contributed by atoms with Crippen LogP contribution in [-0.4, -0.2) is 33.1 Å². The fraction of sp³-hybridized carbons (Fsp3) is 0.500. The van der Waals surface area contributed by atoms with Gasteiger partial charge >= 0.3 is 0 Å². The second-order valence-corrected chi connectivity index (χ2v) is 4.55. The van der Waals surface area contributed by atoms with Crippen molar-refractivity contribution in [3.05, 3.63) is 23.8 Å². The van der Waals surface area contributed by atoms with Gasteiger partial charge in [-0.15, -0.1) is 0 Å². The van der Waals surface area contributed by atoms with Gasteiger partial charge in [0.25, 0.3) is 0 Å². The van der Waals surface area contributed by atoms with E-state index >= 15 is 0 Å². The third kappa shape index (κ3) is 4.37. The van der Waals surface area contributed by atoms with E-state index in [0.29, 0.717) is 13.0 Å². The molecule has 0 spiro atoms. The van der Waals surface area contributed by atoms with Crippen molar-refractivity contribution in [3.63, 3.8) is 0 Å². The molecule has 1 aromatic rings. The first-order valence-electron chi connectivity index (χ1n) is 6.33. The molecule has 0 heterocycles. The van der Waals surface area contributed by atoms with Crippen molar-refractivity contribution < 1.29 is 4.79 Å². The van der Waals surface area contributed by atoms with Crippen LogP contribution in [0.15, 0.2) is 18.2 Å². The van der Waals surface area contributed by atoms with Crippen LogP contribution in [0.5, 0.6) is 0 Å². The predicted octanol–water partition coefficient (Wildman–Crippen LogP) is 2.00. The maximum Gasteiger partial charge on any atom is 0.225 e. The van der Waals surface area contributed by atoms with Crippen LogP contribution in [0.1, 0.15) is 18.9 Å². The van der Waals surface area contributed by atoms with E-state index in [9.17, 15) is 4.79 Å². The highest BCUT2D eigenvalue weighted by Crippen LogP contribution is 2.22. The molecule has 0 fully saturated rings. The fourth-order valence-electron chi connectivity index (χ4n) is 1.77. The molecule has 0 atom stereocenters. The summed E-state index contributed by atoms with van der Waals surface area (Å²) >= 11 is 0. The van der Waals surface area contributed by atoms with E-state index in [-0.39, 0.29) is 5.91 Å². The fourth-order valence-corrected chi connectivity index (χ4v) is 1.77. The molecule has 4 heteroatoms. The van der Waals surface area contributed by atoms with E-state index in [0.717, 1.165) is 17.9 Å². The van der Waals surface area contributed by atoms with Crippen LogP contribution in [0.25, 0.3) is 0 Å². The molecular weight excluding hydrogens is 226 g/mol. The Morgan fingerprint density at radius 2 is 2.06 bits per heavy atom. The summed E-state index contributed by atoms with van der Waals surface area (Å²) in [4.78, 5) is 13.7. The molecule has 0 saturated carbocycles. The number of hydrogen-bond acceptors (Lipinski definition) is 3. The number of benzene rings is 1. The van der Waals surface area contributed by atoms with Gasteiger partial charge in [-0.2, -0.15) is 0 Å². The summed E-state index contributed by atoms with van der Waals surface area (Å²) in [5.74, 6) is 0.0458. The average molecular weight is 249 g/mol. The van der Waals surface area contributed by atoms with E-state index in [1.54, 1.807) is 0 Å². The summed E-state index contributed by atoms with van der Waals surface area (Å²) in [6.07, 6.45) is 0.499. The third-order valence-electron chi connectivity index (χ3n) is 2.75. The molecule has 0 saturated heterocycles. The minimum absolute atomic E-state index is 0.0458. The Labute approximate surface area is 109 Å². The number of hydrogen-bond donors (Lipinski definition) is 2. The number of rotatable bonds is 6. The molecule has 100 valence electrons. The van der Waals surface area contributed by atoms with Crippen molar-refractivity contribution in [3.8, 4) is 0 Å². The second-order valence-electron chi connectivity index (χ2n) is 4.55. The van der Waals surface area contributed by atoms with Crippen LogP contribution < -0.4 is 15.5 Å². The molecule has 0 unspecified atom stereocenters. The molecule has 0 aliphatic heterocycles. The topological polar surface area (TPSA) is 44.4 Å². The number of carbonyl (C=O) groups is 1. The van der Waals surface area contributed by atoms with Gasteiger partial charge in [-0.3, -0.25) is 4.79 Å². The monoisotopic (exact) mass is 249 g/mol. The third-order valence-corrected chi connectivity index (χ3v) is 2.75. The first-order chi connectivity index (χ1) is 8.54. The van der Waals surface area contributed by atoms with Gasteiger partial charge in [-0.25, -0.2) is 0 Å². The lowest BCUT2D eigenvalue weighted by atomic mass is 10.1. The summed E-state index contributed by atoms with van der Waals surface area (Å²) in [6, 6.07) is 5.96. The first-order valence-corrected chi connectivity index (χ1v) is 6.33. The number of anilines is 2. The summed E-state index contributed by atoms with van der Waals surface area (Å²) in [5, 5.41) is 6.05. The largest absolute Gasteiger partial charge is 0.377 e. The zero-order valence-corrected chi connectivity index (χ0v) is 11.7. The number of nitrogens with one attached hydrogen (secondary N) is 2. The summed E-state index contributed by atoms with van der Waals surface area (Å²) in [5.41, 5.74) is 3.18. The standard InChI is InChI=1S/C14H23N3O/c1-5-15-9-8-14(18)16-12-7-6-11(2)13(10-12)17(3)4/h6-7,10,15H,5,8-9H2,1-4H3,(H,16,18). The van der Waals surface area contributed by atoms with Gasteiger partial charge in [0.1, 0.15) is 0 Å². The molecule has 0 radical (unpaired) electrons. The predicted molar refractivity (Wildman–Crippen MR) is 77.3 cm³/mol. The molecule has 4 nitrogen and oxygen atoms in total. The zero-order valence-electron chi connectivity index (χ0n) is 11.7. The summed E-state index contributed by atoms with van der Waals surface area (Å²) in [7, 11) is 4.00. The van der Waals surface area contributed by atoms with Gasteiger partial charge in [0.2, 0.25) is 5.91 Å². The summed E-state index contributed by atoms with van der Waals surface area (Å²) in [6.45, 7) is 5.70. The molecule has 0 aliphatic rings. The Kier molecular flexibility index (Phi) is 5.65. The number of amides is 1. The van der Waals surface area contributed by atoms with Crippen molar-refractivity contribution in [1.29, 1.82) is 0 Å². The SMILES string of the molecule is CCNCCC(=O)Nc1ccc(C)c(N(C)C)c1. The molecular formula is C14H23N3O. The number of carbonyl (C=O) groups excluding carboxylic acids is 1. The van der Waals surface area contributed by atoms with Crippen molar-refractivity contribution >= 4 is 17.3 Å². The quantitative estimate of drug-likeness (QED) is 0.758. The number of aryl methyl sites for hydroxylation is 1. The van der Waals surface area contributed by atoms with Gasteiger partial charge in [0.15, 0.2) is 0 Å². The lowest BCUT2D eigenvalue weighted by molar-refractivity contribution is -0.116. The molecule has 0 bridgehead atoms. The van der Waals surface area contributed by atoms with Crippen molar-refractivity contribution in [2.45, 2.75) is 20.3 Å². The average Bonchev–Trinajstić information content (AvgIpc) is 2.31. The highest BCUT2D eigenvalue weighted by molar-refractivity contribution is 5.91. The molecule has 18 heavy (non-hydrogen) atoms. The lowest BCUT2D eigenvalue weighted by Crippen LogP contribution is -2.21. The van der Waals surface area contributed by atoms with Crippen molar-refractivity contribution in [2.75, 3.05) is 37.4 Å². The molecule has 0 aliphatic carbocycles. The maximum absolute atomic E-state index is 11.7. The highest BCUT2D eigenvalue weighted by atomic mass is 16.1. The van der Waals surface area contributed by atoms with Crippen LogP contribution in [0.4, 0.5) is 11.4 Å². The number of nitrogens with zero attached hydrogens (tertiary/aromatic N) is 1. The van der Waals surface area contributed by atoms with Crippen LogP contribution >= 0.6 is 0 Å². The molecule has 1 amide bonds. The van der Waals surface area contributed by atoms with E-state index < -0.39 is 0 Å². The summed E-state index contributed by atoms with van der Waals surface area (Å²) < 4.78 is 0. The van der Waals surface area contributed by atoms with Gasteiger partial charge in [-0.05, 0) is 31.2 Å². The Balaban J connectivity index is 2.62. The second kappa shape index (κ2) is 7.01. The minimum atomic E-state index is 0.0458. The van der Waals surface area contributed by atoms with Gasteiger partial charge in [-0.1, -0.05) is 13.0 Å². The van der Waals surface area contributed by atoms with Crippen LogP contribution in [0.3, 0.4) is 0 Å². The Hall–Kier alpha value is -1.55. The van der Waals surface area contributed by atoms with Crippen LogP contribution in [-0.2, 0) is 4.79 Å². The van der Waals surface area contributed by atoms with Gasteiger partial charge in [0.05, 0.1) is 0 Å². The molecule has 0 aromatic heterocycles. The van der Waals surface area contributed by atoms with Crippen LogP contribution in [0, 0.1) is 6.92 Å². The van der Waals surface area contributed by atoms with E-state index in [1.165, 1.54) is 5.56 Å². The van der Waals surface area contributed by atoms with E-state index in [4.69, 9.17) is 0 Å². The van der Waals surface area contributed by atoms with Gasteiger partial charge < -0.3 is 15.5 Å². The molecule has 2 N–H and O–H groups in total. The Morgan fingerprint density at radius 1 is 1.33 bits per heavy atom. The maximum atomic E-state index is 11.7. The first kappa shape index (κ1) is 14.5.